The van der Waals surface area contributed by atoms with Crippen molar-refractivity contribution < 1.29 is 18.9 Å². The number of methoxy groups -OCH3 is 1. The first-order valence-corrected chi connectivity index (χ1v) is 5.39. The largest absolute Gasteiger partial charge is 0.461 e. The molecule has 0 aromatic carbocycles. The van der Waals surface area contributed by atoms with Gasteiger partial charge in [0.15, 0.2) is 5.03 Å². The molecule has 7 heteroatoms. The minimum absolute atomic E-state index is 0.123. The van der Waals surface area contributed by atoms with Gasteiger partial charge in [-0.25, -0.2) is 9.42 Å². The molecule has 0 spiro atoms. The lowest BCUT2D eigenvalue weighted by molar-refractivity contribution is 0.0511. The average Bonchev–Trinajstić information content (AvgIpc) is 2.67. The van der Waals surface area contributed by atoms with Gasteiger partial charge in [0.1, 0.15) is 0 Å². The van der Waals surface area contributed by atoms with Crippen LogP contribution in [0.3, 0.4) is 0 Å². The molecule has 0 atom stereocenters. The van der Waals surface area contributed by atoms with Gasteiger partial charge in [-0.15, -0.1) is 0 Å². The standard InChI is InChI=1S/C8H12N2O4S/c1-3-13-8(11)6-7(10-14-9-6)15-5-4-12-2/h3-5H2,1-2H3. The Morgan fingerprint density at radius 2 is 2.33 bits per heavy atom. The van der Waals surface area contributed by atoms with Gasteiger partial charge in [-0.2, -0.15) is 0 Å². The van der Waals surface area contributed by atoms with E-state index in [1.54, 1.807) is 14.0 Å². The van der Waals surface area contributed by atoms with Gasteiger partial charge >= 0.3 is 5.97 Å². The third-order valence-electron chi connectivity index (χ3n) is 1.45. The minimum atomic E-state index is -0.515. The molecule has 1 heterocycles. The van der Waals surface area contributed by atoms with E-state index in [1.807, 2.05) is 0 Å². The van der Waals surface area contributed by atoms with E-state index >= 15 is 0 Å². The molecular weight excluding hydrogens is 220 g/mol. The summed E-state index contributed by atoms with van der Waals surface area (Å²) in [7, 11) is 1.61. The molecular formula is C8H12N2O4S. The number of aromatic nitrogens is 2. The van der Waals surface area contributed by atoms with Crippen molar-refractivity contribution in [1.29, 1.82) is 0 Å². The maximum atomic E-state index is 11.3. The Morgan fingerprint density at radius 1 is 1.53 bits per heavy atom. The van der Waals surface area contributed by atoms with E-state index in [4.69, 9.17) is 9.47 Å². The molecule has 84 valence electrons. The number of rotatable bonds is 6. The highest BCUT2D eigenvalue weighted by atomic mass is 32.2. The molecule has 6 nitrogen and oxygen atoms in total. The summed E-state index contributed by atoms with van der Waals surface area (Å²) < 4.78 is 14.1. The first-order valence-electron chi connectivity index (χ1n) is 4.41. The van der Waals surface area contributed by atoms with Crippen LogP contribution < -0.4 is 0 Å². The Balaban J connectivity index is 2.56. The number of thioether (sulfide) groups is 1. The van der Waals surface area contributed by atoms with Crippen molar-refractivity contribution >= 4 is 17.7 Å². The van der Waals surface area contributed by atoms with Crippen LogP contribution in [0, 0.1) is 0 Å². The molecule has 0 bridgehead atoms. The van der Waals surface area contributed by atoms with Crippen molar-refractivity contribution in [1.82, 2.24) is 10.3 Å². The summed E-state index contributed by atoms with van der Waals surface area (Å²) in [4.78, 5) is 11.3. The maximum Gasteiger partial charge on any atom is 0.363 e. The normalized spacial score (nSPS) is 10.3. The molecule has 1 aromatic heterocycles. The Bertz CT molecular complexity index is 315. The molecule has 0 N–H and O–H groups in total. The average molecular weight is 232 g/mol. The number of hydrogen-bond donors (Lipinski definition) is 0. The minimum Gasteiger partial charge on any atom is -0.461 e. The van der Waals surface area contributed by atoms with Gasteiger partial charge in [-0.1, -0.05) is 11.8 Å². The van der Waals surface area contributed by atoms with Gasteiger partial charge in [0, 0.05) is 12.9 Å². The monoisotopic (exact) mass is 232 g/mol. The zero-order valence-electron chi connectivity index (χ0n) is 8.56. The number of carbonyl (C=O) groups is 1. The predicted molar refractivity (Wildman–Crippen MR) is 52.9 cm³/mol. The van der Waals surface area contributed by atoms with Crippen molar-refractivity contribution in [2.75, 3.05) is 26.1 Å². The molecule has 0 aliphatic carbocycles. The first-order chi connectivity index (χ1) is 7.29. The van der Waals surface area contributed by atoms with Gasteiger partial charge < -0.3 is 9.47 Å². The zero-order chi connectivity index (χ0) is 11.1. The third kappa shape index (κ3) is 3.52. The van der Waals surface area contributed by atoms with Crippen LogP contribution in [-0.2, 0) is 9.47 Å². The van der Waals surface area contributed by atoms with E-state index in [2.05, 4.69) is 14.9 Å². The van der Waals surface area contributed by atoms with E-state index in [1.165, 1.54) is 11.8 Å². The van der Waals surface area contributed by atoms with Crippen molar-refractivity contribution in [2.24, 2.45) is 0 Å². The van der Waals surface area contributed by atoms with E-state index in [-0.39, 0.29) is 5.69 Å². The first kappa shape index (κ1) is 12.0. The number of hydrogen-bond acceptors (Lipinski definition) is 7. The molecule has 0 aliphatic heterocycles. The van der Waals surface area contributed by atoms with E-state index in [0.717, 1.165) is 0 Å². The lowest BCUT2D eigenvalue weighted by Crippen LogP contribution is -2.06. The van der Waals surface area contributed by atoms with Gasteiger partial charge in [-0.05, 0) is 17.2 Å². The van der Waals surface area contributed by atoms with E-state index < -0.39 is 5.97 Å². The number of esters is 1. The molecule has 1 rings (SSSR count). The Kier molecular flexibility index (Phi) is 5.13. The number of carbonyl (C=O) groups excluding carboxylic acids is 1. The van der Waals surface area contributed by atoms with Crippen LogP contribution >= 0.6 is 11.8 Å². The molecule has 0 saturated heterocycles. The topological polar surface area (TPSA) is 74.5 Å². The molecule has 0 fully saturated rings. The summed E-state index contributed by atoms with van der Waals surface area (Å²) in [6, 6.07) is 0. The lowest BCUT2D eigenvalue weighted by atomic mass is 10.5. The quantitative estimate of drug-likeness (QED) is 0.411. The lowest BCUT2D eigenvalue weighted by Gasteiger charge is -1.99. The molecule has 0 saturated carbocycles. The summed E-state index contributed by atoms with van der Waals surface area (Å²) in [6.45, 7) is 2.59. The Morgan fingerprint density at radius 3 is 3.00 bits per heavy atom. The highest BCUT2D eigenvalue weighted by Crippen LogP contribution is 2.19. The Labute approximate surface area is 91.3 Å². The highest BCUT2D eigenvalue weighted by molar-refractivity contribution is 7.99. The van der Waals surface area contributed by atoms with Crippen LogP contribution in [0.25, 0.3) is 0 Å². The molecule has 0 amide bonds. The van der Waals surface area contributed by atoms with Gasteiger partial charge in [0.05, 0.1) is 13.2 Å². The summed E-state index contributed by atoms with van der Waals surface area (Å²) in [6.07, 6.45) is 0. The number of ether oxygens (including phenoxy) is 2. The van der Waals surface area contributed by atoms with Gasteiger partial charge in [-0.3, -0.25) is 0 Å². The molecule has 0 unspecified atom stereocenters. The zero-order valence-corrected chi connectivity index (χ0v) is 9.37. The second kappa shape index (κ2) is 6.41. The van der Waals surface area contributed by atoms with Crippen LogP contribution in [0.15, 0.2) is 9.65 Å². The van der Waals surface area contributed by atoms with E-state index in [0.29, 0.717) is 24.0 Å². The SMILES string of the molecule is CCOC(=O)c1nonc1SCCOC. The molecule has 0 radical (unpaired) electrons. The maximum absolute atomic E-state index is 11.3. The van der Waals surface area contributed by atoms with Crippen LogP contribution in [0.1, 0.15) is 17.4 Å². The Hall–Kier alpha value is -1.08. The summed E-state index contributed by atoms with van der Waals surface area (Å²) in [5.74, 6) is 0.163. The molecule has 0 aliphatic rings. The van der Waals surface area contributed by atoms with Crippen molar-refractivity contribution in [3.8, 4) is 0 Å². The fourth-order valence-electron chi connectivity index (χ4n) is 0.821. The predicted octanol–water partition coefficient (Wildman–Crippen LogP) is 0.985. The van der Waals surface area contributed by atoms with Crippen molar-refractivity contribution in [3.63, 3.8) is 0 Å². The summed E-state index contributed by atoms with van der Waals surface area (Å²) in [5, 5.41) is 7.54. The van der Waals surface area contributed by atoms with Crippen molar-refractivity contribution in [3.05, 3.63) is 5.69 Å². The van der Waals surface area contributed by atoms with Gasteiger partial charge in [0.2, 0.25) is 5.69 Å². The highest BCUT2D eigenvalue weighted by Gasteiger charge is 2.19. The fourth-order valence-corrected chi connectivity index (χ4v) is 1.61. The van der Waals surface area contributed by atoms with Crippen molar-refractivity contribution in [2.45, 2.75) is 11.9 Å². The van der Waals surface area contributed by atoms with Crippen LogP contribution in [0.2, 0.25) is 0 Å². The van der Waals surface area contributed by atoms with Gasteiger partial charge in [0.25, 0.3) is 0 Å². The number of nitrogens with zero attached hydrogens (tertiary/aromatic N) is 2. The summed E-state index contributed by atoms with van der Waals surface area (Å²) >= 11 is 1.34. The smallest absolute Gasteiger partial charge is 0.363 e. The van der Waals surface area contributed by atoms with Crippen LogP contribution in [0.5, 0.6) is 0 Å². The van der Waals surface area contributed by atoms with Crippen LogP contribution in [0.4, 0.5) is 0 Å². The summed E-state index contributed by atoms with van der Waals surface area (Å²) in [5.41, 5.74) is 0.123. The van der Waals surface area contributed by atoms with Crippen LogP contribution in [-0.4, -0.2) is 42.4 Å². The molecule has 1 aromatic rings. The molecule has 15 heavy (non-hydrogen) atoms. The van der Waals surface area contributed by atoms with E-state index in [9.17, 15) is 4.79 Å². The fraction of sp³-hybridized carbons (Fsp3) is 0.625. The third-order valence-corrected chi connectivity index (χ3v) is 2.37. The second-order valence-corrected chi connectivity index (χ2v) is 3.56. The second-order valence-electron chi connectivity index (χ2n) is 2.48.